The Kier molecular flexibility index (Phi) is 3.03. The summed E-state index contributed by atoms with van der Waals surface area (Å²) in [5.74, 6) is -3.19. The number of carbonyl (C=O) groups is 1. The molecule has 0 aliphatic carbocycles. The number of aliphatic carboxylic acids is 1. The van der Waals surface area contributed by atoms with Gasteiger partial charge in [-0.2, -0.15) is 0 Å². The van der Waals surface area contributed by atoms with E-state index in [1.54, 1.807) is 0 Å². The molecule has 0 amide bonds. The van der Waals surface area contributed by atoms with Crippen LogP contribution in [0, 0.1) is 0 Å². The predicted octanol–water partition coefficient (Wildman–Crippen LogP) is -0.719. The van der Waals surface area contributed by atoms with Gasteiger partial charge < -0.3 is 19.4 Å². The van der Waals surface area contributed by atoms with Crippen molar-refractivity contribution in [1.82, 2.24) is 0 Å². The van der Waals surface area contributed by atoms with Crippen LogP contribution in [-0.4, -0.2) is 52.3 Å². The third kappa shape index (κ3) is 2.91. The highest BCUT2D eigenvalue weighted by Gasteiger charge is 2.46. The fraction of sp³-hybridized carbons (Fsp3) is 0.800. The molecule has 0 aromatic rings. The van der Waals surface area contributed by atoms with Crippen molar-refractivity contribution in [3.63, 3.8) is 0 Å². The largest absolute Gasteiger partial charge is 0.476 e. The Bertz CT molecular complexity index is 226. The highest BCUT2D eigenvalue weighted by atomic mass is 31.2. The molecule has 0 aromatic carbocycles. The average Bonchev–Trinajstić information content (AvgIpc) is 1.49. The quantitative estimate of drug-likeness (QED) is 0.411. The summed E-state index contributed by atoms with van der Waals surface area (Å²) >= 11 is 0. The molecule has 0 heterocycles. The number of carboxylic acids is 1. The van der Waals surface area contributed by atoms with E-state index >= 15 is 0 Å². The number of quaternary nitrogens is 1. The maximum Gasteiger partial charge on any atom is 0.394 e. The molecule has 0 saturated carbocycles. The summed E-state index contributed by atoms with van der Waals surface area (Å²) in [5.41, 5.74) is 0. The summed E-state index contributed by atoms with van der Waals surface area (Å²) in [6, 6.07) is 0. The zero-order chi connectivity index (χ0) is 10.2. The van der Waals surface area contributed by atoms with Gasteiger partial charge in [0.15, 0.2) is 0 Å². The van der Waals surface area contributed by atoms with Gasteiger partial charge in [0, 0.05) is 0 Å². The number of hydrogen-bond donors (Lipinski definition) is 3. The van der Waals surface area contributed by atoms with Gasteiger partial charge in [0.05, 0.1) is 21.1 Å². The monoisotopic (exact) mass is 198 g/mol. The van der Waals surface area contributed by atoms with Crippen LogP contribution in [0.25, 0.3) is 0 Å². The van der Waals surface area contributed by atoms with E-state index in [0.717, 1.165) is 0 Å². The number of likely N-dealkylation sites (N-methyl/N-ethyl adjacent to an activating group) is 1. The lowest BCUT2D eigenvalue weighted by Gasteiger charge is -2.30. The summed E-state index contributed by atoms with van der Waals surface area (Å²) in [4.78, 5) is 27.9. The Labute approximate surface area is 70.2 Å². The molecule has 0 fully saturated rings. The third-order valence-corrected chi connectivity index (χ3v) is 2.82. The van der Waals surface area contributed by atoms with Gasteiger partial charge in [0.1, 0.15) is 0 Å². The molecule has 0 aliphatic rings. The van der Waals surface area contributed by atoms with E-state index in [9.17, 15) is 9.36 Å². The SMILES string of the molecule is C[N+](C)(C)C(C(=O)O)P(=O)(O)O. The molecule has 1 atom stereocenters. The lowest BCUT2D eigenvalue weighted by molar-refractivity contribution is -0.875. The number of hydrogen-bond acceptors (Lipinski definition) is 2. The summed E-state index contributed by atoms with van der Waals surface area (Å²) in [6.45, 7) is 0. The molecule has 0 bridgehead atoms. The lowest BCUT2D eigenvalue weighted by atomic mass is 10.5. The van der Waals surface area contributed by atoms with Gasteiger partial charge in [0.2, 0.25) is 0 Å². The van der Waals surface area contributed by atoms with Crippen LogP contribution in [0.15, 0.2) is 0 Å². The Hall–Kier alpha value is -0.420. The Morgan fingerprint density at radius 2 is 1.67 bits per heavy atom. The summed E-state index contributed by atoms with van der Waals surface area (Å²) < 4.78 is 10.4. The maximum absolute atomic E-state index is 10.7. The number of nitrogens with zero attached hydrogens (tertiary/aromatic N) is 1. The van der Waals surface area contributed by atoms with Crippen molar-refractivity contribution in [3.8, 4) is 0 Å². The van der Waals surface area contributed by atoms with Gasteiger partial charge in [-0.3, -0.25) is 4.57 Å². The molecule has 0 radical (unpaired) electrons. The van der Waals surface area contributed by atoms with Crippen molar-refractivity contribution in [3.05, 3.63) is 0 Å². The molecule has 12 heavy (non-hydrogen) atoms. The first-order chi connectivity index (χ1) is 5.07. The van der Waals surface area contributed by atoms with Crippen LogP contribution in [0.3, 0.4) is 0 Å². The summed E-state index contributed by atoms with van der Waals surface area (Å²) in [7, 11) is -0.337. The first-order valence-electron chi connectivity index (χ1n) is 3.16. The molecule has 7 heteroatoms. The van der Waals surface area contributed by atoms with Crippen LogP contribution < -0.4 is 0 Å². The van der Waals surface area contributed by atoms with E-state index in [1.807, 2.05) is 0 Å². The molecular formula is C5H13NO5P+. The van der Waals surface area contributed by atoms with Crippen LogP contribution in [0.4, 0.5) is 0 Å². The van der Waals surface area contributed by atoms with E-state index in [2.05, 4.69) is 0 Å². The summed E-state index contributed by atoms with van der Waals surface area (Å²) in [6.07, 6.45) is 0. The van der Waals surface area contributed by atoms with Crippen molar-refractivity contribution in [2.24, 2.45) is 0 Å². The molecule has 72 valence electrons. The second-order valence-corrected chi connectivity index (χ2v) is 5.08. The normalized spacial score (nSPS) is 15.8. The second-order valence-electron chi connectivity index (χ2n) is 3.42. The number of carboxylic acid groups (broad SMARTS) is 1. The molecule has 3 N–H and O–H groups in total. The Morgan fingerprint density at radius 3 is 1.67 bits per heavy atom. The zero-order valence-corrected chi connectivity index (χ0v) is 8.02. The van der Waals surface area contributed by atoms with Crippen LogP contribution in [0.2, 0.25) is 0 Å². The summed E-state index contributed by atoms with van der Waals surface area (Å²) in [5, 5.41) is 8.54. The third-order valence-electron chi connectivity index (χ3n) is 1.27. The van der Waals surface area contributed by atoms with Gasteiger partial charge in [-0.1, -0.05) is 0 Å². The molecule has 0 saturated heterocycles. The fourth-order valence-electron chi connectivity index (χ4n) is 0.926. The maximum atomic E-state index is 10.7. The minimum atomic E-state index is -4.58. The van der Waals surface area contributed by atoms with Gasteiger partial charge in [-0.05, 0) is 0 Å². The van der Waals surface area contributed by atoms with Crippen molar-refractivity contribution in [2.75, 3.05) is 21.1 Å². The lowest BCUT2D eigenvalue weighted by Crippen LogP contribution is -2.49. The van der Waals surface area contributed by atoms with Crippen molar-refractivity contribution >= 4 is 13.6 Å². The van der Waals surface area contributed by atoms with E-state index in [0.29, 0.717) is 0 Å². The minimum Gasteiger partial charge on any atom is -0.476 e. The molecule has 1 unspecified atom stereocenters. The minimum absolute atomic E-state index is 0.306. The van der Waals surface area contributed by atoms with Crippen LogP contribution >= 0.6 is 7.60 Å². The van der Waals surface area contributed by atoms with Crippen LogP contribution in [0.1, 0.15) is 0 Å². The molecule has 0 rings (SSSR count). The van der Waals surface area contributed by atoms with Gasteiger partial charge in [0.25, 0.3) is 5.78 Å². The van der Waals surface area contributed by atoms with E-state index in [4.69, 9.17) is 14.9 Å². The van der Waals surface area contributed by atoms with Crippen LogP contribution in [-0.2, 0) is 9.36 Å². The van der Waals surface area contributed by atoms with Gasteiger partial charge in [-0.15, -0.1) is 0 Å². The van der Waals surface area contributed by atoms with Crippen molar-refractivity contribution < 1.29 is 28.7 Å². The highest BCUT2D eigenvalue weighted by molar-refractivity contribution is 7.53. The molecule has 0 aromatic heterocycles. The van der Waals surface area contributed by atoms with Gasteiger partial charge in [-0.25, -0.2) is 4.79 Å². The fourth-order valence-corrected chi connectivity index (χ4v) is 2.12. The molecule has 0 spiro atoms. The predicted molar refractivity (Wildman–Crippen MR) is 41.5 cm³/mol. The van der Waals surface area contributed by atoms with Crippen molar-refractivity contribution in [2.45, 2.75) is 5.78 Å². The highest BCUT2D eigenvalue weighted by Crippen LogP contribution is 2.44. The zero-order valence-electron chi connectivity index (χ0n) is 7.13. The second kappa shape index (κ2) is 3.14. The van der Waals surface area contributed by atoms with E-state index in [-0.39, 0.29) is 4.48 Å². The molecular weight excluding hydrogens is 185 g/mol. The Balaban J connectivity index is 4.96. The van der Waals surface area contributed by atoms with Crippen LogP contribution in [0.5, 0.6) is 0 Å². The smallest absolute Gasteiger partial charge is 0.394 e. The van der Waals surface area contributed by atoms with E-state index < -0.39 is 19.3 Å². The number of rotatable bonds is 3. The first-order valence-corrected chi connectivity index (χ1v) is 4.84. The van der Waals surface area contributed by atoms with Crippen molar-refractivity contribution in [1.29, 1.82) is 0 Å². The van der Waals surface area contributed by atoms with E-state index in [1.165, 1.54) is 21.1 Å². The van der Waals surface area contributed by atoms with Gasteiger partial charge >= 0.3 is 13.6 Å². The molecule has 0 aliphatic heterocycles. The Morgan fingerprint density at radius 1 is 1.33 bits per heavy atom. The topological polar surface area (TPSA) is 94.8 Å². The first kappa shape index (κ1) is 11.6. The molecule has 6 nitrogen and oxygen atoms in total. The standard InChI is InChI=1S/C5H12NO5P/c1-6(2,3)4(5(7)8)12(9,10)11/h4H,1-3H3,(H2-,7,8,9,10,11)/p+1. The average molecular weight is 198 g/mol.